The molecule has 0 bridgehead atoms. The zero-order chi connectivity index (χ0) is 16.4. The first-order valence-corrected chi connectivity index (χ1v) is 8.02. The molecule has 2 N–H and O–H groups in total. The van der Waals surface area contributed by atoms with Crippen molar-refractivity contribution in [3.8, 4) is 0 Å². The predicted molar refractivity (Wildman–Crippen MR) is 94.3 cm³/mol. The molecular weight excluding hydrogens is 315 g/mol. The molecule has 1 aliphatic carbocycles. The van der Waals surface area contributed by atoms with E-state index in [1.807, 2.05) is 13.1 Å². The quantitative estimate of drug-likeness (QED) is 0.890. The first-order chi connectivity index (χ1) is 10.3. The zero-order valence-electron chi connectivity index (χ0n) is 14.3. The molecule has 0 heterocycles. The van der Waals surface area contributed by atoms with E-state index in [9.17, 15) is 9.18 Å². The molecule has 1 amide bonds. The predicted octanol–water partition coefficient (Wildman–Crippen LogP) is 3.50. The highest BCUT2D eigenvalue weighted by molar-refractivity contribution is 5.88. The van der Waals surface area contributed by atoms with Crippen LogP contribution in [0.25, 0.3) is 0 Å². The van der Waals surface area contributed by atoms with Crippen LogP contribution in [-0.4, -0.2) is 30.9 Å². The smallest absolute Gasteiger partial charge is 0.232 e. The van der Waals surface area contributed by atoms with Crippen molar-refractivity contribution in [1.82, 2.24) is 4.90 Å². The van der Waals surface area contributed by atoms with Gasteiger partial charge in [-0.2, -0.15) is 0 Å². The van der Waals surface area contributed by atoms with Crippen LogP contribution in [0.3, 0.4) is 0 Å². The maximum Gasteiger partial charge on any atom is 0.232 e. The second-order valence-electron chi connectivity index (χ2n) is 7.33. The molecular formula is C18H28ClFN2O. The van der Waals surface area contributed by atoms with Crippen LogP contribution in [0.2, 0.25) is 0 Å². The van der Waals surface area contributed by atoms with Crippen LogP contribution in [0.1, 0.15) is 45.1 Å². The Morgan fingerprint density at radius 1 is 1.35 bits per heavy atom. The van der Waals surface area contributed by atoms with E-state index in [-0.39, 0.29) is 29.5 Å². The number of rotatable bonds is 5. The normalized spacial score (nSPS) is 16.7. The van der Waals surface area contributed by atoms with Crippen LogP contribution in [0, 0.1) is 11.2 Å². The van der Waals surface area contributed by atoms with Crippen molar-refractivity contribution in [2.24, 2.45) is 11.1 Å². The van der Waals surface area contributed by atoms with Crippen LogP contribution < -0.4 is 5.73 Å². The minimum absolute atomic E-state index is 0. The Bertz CT molecular complexity index is 542. The lowest BCUT2D eigenvalue weighted by molar-refractivity contribution is -0.137. The number of halogens is 2. The molecule has 1 aromatic carbocycles. The minimum atomic E-state index is -0.568. The van der Waals surface area contributed by atoms with E-state index in [0.717, 1.165) is 31.2 Å². The molecule has 3 nitrogen and oxygen atoms in total. The number of carbonyl (C=O) groups is 1. The van der Waals surface area contributed by atoms with Gasteiger partial charge >= 0.3 is 0 Å². The largest absolute Gasteiger partial charge is 0.344 e. The Hall–Kier alpha value is -1.13. The van der Waals surface area contributed by atoms with E-state index >= 15 is 0 Å². The Morgan fingerprint density at radius 3 is 2.48 bits per heavy atom. The van der Waals surface area contributed by atoms with Crippen molar-refractivity contribution in [3.05, 3.63) is 35.6 Å². The molecule has 0 unspecified atom stereocenters. The fourth-order valence-corrected chi connectivity index (χ4v) is 3.53. The third-order valence-corrected chi connectivity index (χ3v) is 4.81. The summed E-state index contributed by atoms with van der Waals surface area (Å²) in [5, 5.41) is 0. The summed E-state index contributed by atoms with van der Waals surface area (Å²) in [4.78, 5) is 14.9. The number of hydrogen-bond donors (Lipinski definition) is 1. The van der Waals surface area contributed by atoms with Gasteiger partial charge < -0.3 is 10.6 Å². The molecule has 23 heavy (non-hydrogen) atoms. The van der Waals surface area contributed by atoms with E-state index in [1.54, 1.807) is 11.0 Å². The highest BCUT2D eigenvalue weighted by Crippen LogP contribution is 2.43. The summed E-state index contributed by atoms with van der Waals surface area (Å²) < 4.78 is 13.6. The van der Waals surface area contributed by atoms with E-state index in [2.05, 4.69) is 13.8 Å². The summed E-state index contributed by atoms with van der Waals surface area (Å²) in [5.74, 6) is -0.182. The lowest BCUT2D eigenvalue weighted by Crippen LogP contribution is -2.48. The van der Waals surface area contributed by atoms with Crippen LogP contribution >= 0.6 is 12.4 Å². The molecule has 0 radical (unpaired) electrons. The van der Waals surface area contributed by atoms with Crippen molar-refractivity contribution in [2.45, 2.75) is 44.9 Å². The SMILES string of the molecule is CN(CC(C)(C)CN)C(=O)C1(c2cccc(F)c2)CCCC1.Cl. The van der Waals surface area contributed by atoms with Gasteiger partial charge in [-0.3, -0.25) is 4.79 Å². The van der Waals surface area contributed by atoms with Gasteiger partial charge in [-0.25, -0.2) is 4.39 Å². The first-order valence-electron chi connectivity index (χ1n) is 8.02. The second kappa shape index (κ2) is 7.63. The molecule has 0 aliphatic heterocycles. The molecule has 1 fully saturated rings. The van der Waals surface area contributed by atoms with Crippen molar-refractivity contribution in [2.75, 3.05) is 20.1 Å². The van der Waals surface area contributed by atoms with Crippen molar-refractivity contribution < 1.29 is 9.18 Å². The Balaban J connectivity index is 0.00000264. The molecule has 0 spiro atoms. The van der Waals surface area contributed by atoms with Crippen molar-refractivity contribution in [3.63, 3.8) is 0 Å². The number of likely N-dealkylation sites (N-methyl/N-ethyl adjacent to an activating group) is 1. The van der Waals surface area contributed by atoms with Gasteiger partial charge in [0.2, 0.25) is 5.91 Å². The lowest BCUT2D eigenvalue weighted by atomic mass is 9.77. The summed E-state index contributed by atoms with van der Waals surface area (Å²) in [6.07, 6.45) is 3.61. The summed E-state index contributed by atoms with van der Waals surface area (Å²) >= 11 is 0. The number of amides is 1. The topological polar surface area (TPSA) is 46.3 Å². The number of hydrogen-bond acceptors (Lipinski definition) is 2. The second-order valence-corrected chi connectivity index (χ2v) is 7.33. The Kier molecular flexibility index (Phi) is 6.60. The summed E-state index contributed by atoms with van der Waals surface area (Å²) in [7, 11) is 1.83. The lowest BCUT2D eigenvalue weighted by Gasteiger charge is -2.36. The van der Waals surface area contributed by atoms with E-state index in [1.165, 1.54) is 12.1 Å². The Morgan fingerprint density at radius 2 is 1.96 bits per heavy atom. The van der Waals surface area contributed by atoms with Crippen molar-refractivity contribution >= 4 is 18.3 Å². The molecule has 1 saturated carbocycles. The first kappa shape index (κ1) is 19.9. The zero-order valence-corrected chi connectivity index (χ0v) is 15.1. The minimum Gasteiger partial charge on any atom is -0.344 e. The van der Waals surface area contributed by atoms with Gasteiger partial charge in [0.15, 0.2) is 0 Å². The van der Waals surface area contributed by atoms with E-state index < -0.39 is 5.41 Å². The molecule has 130 valence electrons. The van der Waals surface area contributed by atoms with Gasteiger partial charge in [-0.05, 0) is 42.5 Å². The average Bonchev–Trinajstić information content (AvgIpc) is 2.96. The third-order valence-electron chi connectivity index (χ3n) is 4.81. The molecule has 2 rings (SSSR count). The average molecular weight is 343 g/mol. The molecule has 0 aromatic heterocycles. The highest BCUT2D eigenvalue weighted by Gasteiger charge is 2.44. The maximum atomic E-state index is 13.6. The maximum absolute atomic E-state index is 13.6. The number of nitrogens with zero attached hydrogens (tertiary/aromatic N) is 1. The van der Waals surface area contributed by atoms with Gasteiger partial charge in [-0.1, -0.05) is 38.8 Å². The highest BCUT2D eigenvalue weighted by atomic mass is 35.5. The molecule has 5 heteroatoms. The van der Waals surface area contributed by atoms with Crippen LogP contribution in [0.4, 0.5) is 4.39 Å². The summed E-state index contributed by atoms with van der Waals surface area (Å²) in [6, 6.07) is 6.53. The molecule has 0 saturated heterocycles. The van der Waals surface area contributed by atoms with Crippen molar-refractivity contribution in [1.29, 1.82) is 0 Å². The fourth-order valence-electron chi connectivity index (χ4n) is 3.53. The van der Waals surface area contributed by atoms with E-state index in [4.69, 9.17) is 5.73 Å². The summed E-state index contributed by atoms with van der Waals surface area (Å²) in [5.41, 5.74) is 5.91. The standard InChI is InChI=1S/C18H27FN2O.ClH/c1-17(2,12-20)13-21(3)16(22)18(9-4-5-10-18)14-7-6-8-15(19)11-14;/h6-8,11H,4-5,9-10,12-13,20H2,1-3H3;1H. The van der Waals surface area contributed by atoms with Gasteiger partial charge in [0.1, 0.15) is 5.82 Å². The monoisotopic (exact) mass is 342 g/mol. The van der Waals surface area contributed by atoms with Gasteiger partial charge in [0.25, 0.3) is 0 Å². The number of benzene rings is 1. The number of nitrogens with two attached hydrogens (primary N) is 1. The molecule has 1 aromatic rings. The van der Waals surface area contributed by atoms with Crippen LogP contribution in [-0.2, 0) is 10.2 Å². The van der Waals surface area contributed by atoms with Gasteiger partial charge in [0.05, 0.1) is 5.41 Å². The molecule has 0 atom stereocenters. The molecule has 1 aliphatic rings. The Labute approximate surface area is 144 Å². The van der Waals surface area contributed by atoms with Crippen LogP contribution in [0.5, 0.6) is 0 Å². The van der Waals surface area contributed by atoms with E-state index in [0.29, 0.717) is 13.1 Å². The summed E-state index contributed by atoms with van der Waals surface area (Å²) in [6.45, 7) is 5.25. The van der Waals surface area contributed by atoms with Crippen LogP contribution in [0.15, 0.2) is 24.3 Å². The van der Waals surface area contributed by atoms with Gasteiger partial charge in [-0.15, -0.1) is 12.4 Å². The number of carbonyl (C=O) groups excluding carboxylic acids is 1. The third kappa shape index (κ3) is 4.24. The van der Waals surface area contributed by atoms with Gasteiger partial charge in [0, 0.05) is 13.6 Å². The fraction of sp³-hybridized carbons (Fsp3) is 0.611.